The van der Waals surface area contributed by atoms with E-state index in [0.29, 0.717) is 17.0 Å². The van der Waals surface area contributed by atoms with Gasteiger partial charge < -0.3 is 14.6 Å². The molecule has 0 atom stereocenters. The largest absolute Gasteiger partial charge is 0.573 e. The molecule has 0 radical (unpaired) electrons. The average molecular weight is 489 g/mol. The van der Waals surface area contributed by atoms with Crippen LogP contribution >= 0.6 is 0 Å². The van der Waals surface area contributed by atoms with Crippen LogP contribution in [-0.2, 0) is 0 Å². The van der Waals surface area contributed by atoms with Crippen LogP contribution in [0.25, 0.3) is 44.5 Å². The Balaban J connectivity index is 1.59. The molecule has 0 aliphatic carbocycles. The van der Waals surface area contributed by atoms with Gasteiger partial charge >= 0.3 is 6.36 Å². The van der Waals surface area contributed by atoms with Gasteiger partial charge in [0.15, 0.2) is 5.65 Å². The number of alkyl halides is 3. The molecule has 1 N–H and O–H groups in total. The number of hydrogen-bond acceptors (Lipinski definition) is 4. The first-order valence-corrected chi connectivity index (χ1v) is 11.9. The second-order valence-corrected chi connectivity index (χ2v) is 8.92. The quantitative estimate of drug-likeness (QED) is 0.304. The molecule has 5 aromatic rings. The first-order valence-electron chi connectivity index (χ1n) is 11.9. The fourth-order valence-corrected chi connectivity index (χ4v) is 5.05. The molecule has 6 rings (SSSR count). The maximum atomic E-state index is 13.2. The van der Waals surface area contributed by atoms with Gasteiger partial charge in [0.1, 0.15) is 17.1 Å². The number of hydrogen-bond donors (Lipinski definition) is 1. The summed E-state index contributed by atoms with van der Waals surface area (Å²) in [5, 5.41) is 5.58. The fraction of sp³-hybridized carbons (Fsp3) is 0.214. The molecule has 0 unspecified atom stereocenters. The van der Waals surface area contributed by atoms with Crippen LogP contribution < -0.4 is 10.1 Å². The van der Waals surface area contributed by atoms with E-state index in [2.05, 4.69) is 39.3 Å². The molecule has 0 bridgehead atoms. The van der Waals surface area contributed by atoms with E-state index in [1.807, 2.05) is 28.8 Å². The highest BCUT2D eigenvalue weighted by atomic mass is 19.4. The number of pyridine rings is 1. The van der Waals surface area contributed by atoms with Crippen LogP contribution in [-0.4, -0.2) is 34.0 Å². The van der Waals surface area contributed by atoms with Crippen LogP contribution in [0, 0.1) is 0 Å². The third-order valence-corrected chi connectivity index (χ3v) is 6.67. The van der Waals surface area contributed by atoms with Crippen molar-refractivity contribution in [3.05, 3.63) is 79.0 Å². The highest BCUT2D eigenvalue weighted by molar-refractivity contribution is 5.96. The van der Waals surface area contributed by atoms with Crippen molar-refractivity contribution in [1.29, 1.82) is 0 Å². The van der Waals surface area contributed by atoms with Crippen molar-refractivity contribution in [1.82, 2.24) is 19.9 Å². The number of halogens is 3. The lowest BCUT2D eigenvalue weighted by Gasteiger charge is -2.26. The Kier molecular flexibility index (Phi) is 5.60. The van der Waals surface area contributed by atoms with Crippen molar-refractivity contribution in [2.75, 3.05) is 13.1 Å². The standard InChI is InChI=1S/C28H23F3N4O/c29-28(30,31)36-24-8-4-3-7-23(24)26-34-25-22(20-10-9-18-5-1-2-6-19(18)17-20)13-16-33-27(25)35(26)21-11-14-32-15-12-21/h1-10,13,16-17,21,32H,11-12,14-15H2. The number of nitrogens with zero attached hydrogens (tertiary/aromatic N) is 3. The summed E-state index contributed by atoms with van der Waals surface area (Å²) in [5.74, 6) is 0.153. The summed E-state index contributed by atoms with van der Waals surface area (Å²) >= 11 is 0. The van der Waals surface area contributed by atoms with Gasteiger partial charge in [0.25, 0.3) is 0 Å². The molecule has 5 nitrogen and oxygen atoms in total. The molecule has 1 saturated heterocycles. The van der Waals surface area contributed by atoms with E-state index in [0.717, 1.165) is 47.8 Å². The van der Waals surface area contributed by atoms with Gasteiger partial charge in [0, 0.05) is 17.8 Å². The van der Waals surface area contributed by atoms with Gasteiger partial charge in [-0.1, -0.05) is 48.5 Å². The van der Waals surface area contributed by atoms with Crippen molar-refractivity contribution < 1.29 is 17.9 Å². The Morgan fingerprint density at radius 3 is 2.42 bits per heavy atom. The first kappa shape index (κ1) is 22.5. The Labute approximate surface area is 205 Å². The number of piperidine rings is 1. The van der Waals surface area contributed by atoms with Gasteiger partial charge in [-0.15, -0.1) is 13.2 Å². The lowest BCUT2D eigenvalue weighted by molar-refractivity contribution is -0.274. The zero-order valence-corrected chi connectivity index (χ0v) is 19.3. The zero-order valence-electron chi connectivity index (χ0n) is 19.3. The van der Waals surface area contributed by atoms with Crippen LogP contribution in [0.1, 0.15) is 18.9 Å². The third kappa shape index (κ3) is 4.18. The smallest absolute Gasteiger partial charge is 0.405 e. The van der Waals surface area contributed by atoms with E-state index in [1.165, 1.54) is 12.1 Å². The van der Waals surface area contributed by atoms with Gasteiger partial charge in [-0.3, -0.25) is 0 Å². The lowest BCUT2D eigenvalue weighted by Crippen LogP contribution is -2.29. The Bertz CT molecular complexity index is 1550. The predicted molar refractivity (Wildman–Crippen MR) is 134 cm³/mol. The SMILES string of the molecule is FC(F)(F)Oc1ccccc1-c1nc2c(-c3ccc4ccccc4c3)ccnc2n1C1CCNCC1. The summed E-state index contributed by atoms with van der Waals surface area (Å²) in [6, 6.07) is 22.5. The van der Waals surface area contributed by atoms with Gasteiger partial charge in [-0.05, 0) is 66.5 Å². The number of rotatable bonds is 4. The molecule has 1 aliphatic heterocycles. The number of benzene rings is 3. The van der Waals surface area contributed by atoms with Crippen molar-refractivity contribution in [3.8, 4) is 28.3 Å². The molecule has 182 valence electrons. The maximum Gasteiger partial charge on any atom is 0.573 e. The molecule has 0 saturated carbocycles. The van der Waals surface area contributed by atoms with E-state index >= 15 is 0 Å². The van der Waals surface area contributed by atoms with E-state index in [1.54, 1.807) is 18.3 Å². The lowest BCUT2D eigenvalue weighted by atomic mass is 10.0. The molecule has 2 aromatic heterocycles. The van der Waals surface area contributed by atoms with Crippen LogP contribution in [0.2, 0.25) is 0 Å². The number of aromatic nitrogens is 3. The minimum atomic E-state index is -4.81. The summed E-state index contributed by atoms with van der Waals surface area (Å²) in [5.41, 5.74) is 3.46. The van der Waals surface area contributed by atoms with E-state index in [-0.39, 0.29) is 17.4 Å². The van der Waals surface area contributed by atoms with Crippen molar-refractivity contribution >= 4 is 21.9 Å². The second kappa shape index (κ2) is 8.95. The van der Waals surface area contributed by atoms with Gasteiger partial charge in [-0.25, -0.2) is 9.97 Å². The molecule has 1 fully saturated rings. The van der Waals surface area contributed by atoms with Crippen LogP contribution in [0.5, 0.6) is 5.75 Å². The summed E-state index contributed by atoms with van der Waals surface area (Å²) in [6.07, 6.45) is -1.42. The normalized spacial score (nSPS) is 15.0. The van der Waals surface area contributed by atoms with E-state index < -0.39 is 6.36 Å². The molecule has 0 amide bonds. The zero-order chi connectivity index (χ0) is 24.7. The topological polar surface area (TPSA) is 52.0 Å². The van der Waals surface area contributed by atoms with Crippen LogP contribution in [0.15, 0.2) is 79.0 Å². The number of fused-ring (bicyclic) bond motifs is 2. The molecule has 36 heavy (non-hydrogen) atoms. The van der Waals surface area contributed by atoms with Crippen molar-refractivity contribution in [3.63, 3.8) is 0 Å². The third-order valence-electron chi connectivity index (χ3n) is 6.67. The van der Waals surface area contributed by atoms with Gasteiger partial charge in [-0.2, -0.15) is 0 Å². The van der Waals surface area contributed by atoms with E-state index in [9.17, 15) is 13.2 Å². The molecule has 3 aromatic carbocycles. The Morgan fingerprint density at radius 2 is 1.61 bits per heavy atom. The second-order valence-electron chi connectivity index (χ2n) is 8.92. The number of ether oxygens (including phenoxy) is 1. The van der Waals surface area contributed by atoms with Crippen LogP contribution in [0.4, 0.5) is 13.2 Å². The molecule has 3 heterocycles. The van der Waals surface area contributed by atoms with Gasteiger partial charge in [0.2, 0.25) is 0 Å². The highest BCUT2D eigenvalue weighted by Gasteiger charge is 2.33. The van der Waals surface area contributed by atoms with Gasteiger partial charge in [0.05, 0.1) is 5.56 Å². The molecular formula is C28H23F3N4O. The monoisotopic (exact) mass is 488 g/mol. The molecule has 8 heteroatoms. The average Bonchev–Trinajstić information content (AvgIpc) is 3.28. The van der Waals surface area contributed by atoms with Crippen molar-refractivity contribution in [2.24, 2.45) is 0 Å². The number of para-hydroxylation sites is 1. The molecule has 0 spiro atoms. The predicted octanol–water partition coefficient (Wildman–Crippen LogP) is 6.74. The minimum Gasteiger partial charge on any atom is -0.405 e. The fourth-order valence-electron chi connectivity index (χ4n) is 5.05. The first-order chi connectivity index (χ1) is 17.5. The van der Waals surface area contributed by atoms with Crippen molar-refractivity contribution in [2.45, 2.75) is 25.2 Å². The van der Waals surface area contributed by atoms with Crippen LogP contribution in [0.3, 0.4) is 0 Å². The summed E-state index contributed by atoms with van der Waals surface area (Å²) < 4.78 is 46.1. The Morgan fingerprint density at radius 1 is 0.861 bits per heavy atom. The maximum absolute atomic E-state index is 13.2. The highest BCUT2D eigenvalue weighted by Crippen LogP contribution is 2.40. The van der Waals surface area contributed by atoms with E-state index in [4.69, 9.17) is 4.98 Å². The Hall–Kier alpha value is -3.91. The summed E-state index contributed by atoms with van der Waals surface area (Å²) in [7, 11) is 0. The summed E-state index contributed by atoms with van der Waals surface area (Å²) in [4.78, 5) is 9.61. The summed E-state index contributed by atoms with van der Waals surface area (Å²) in [6.45, 7) is 1.63. The molecule has 1 aliphatic rings. The number of imidazole rings is 1. The minimum absolute atomic E-state index is 0.0459. The number of nitrogens with one attached hydrogen (secondary N) is 1. The molecular weight excluding hydrogens is 465 g/mol.